The molecule has 0 amide bonds. The minimum atomic E-state index is 0. The number of nitrogens with one attached hydrogen (secondary N) is 1. The van der Waals surface area contributed by atoms with Crippen LogP contribution in [0.25, 0.3) is 0 Å². The Morgan fingerprint density at radius 3 is 2.67 bits per heavy atom. The number of halogens is 2. The van der Waals surface area contributed by atoms with E-state index in [4.69, 9.17) is 22.1 Å². The second-order valence-electron chi connectivity index (χ2n) is 5.65. The second kappa shape index (κ2) is 10.2. The lowest BCUT2D eigenvalue weighted by Gasteiger charge is -2.10. The van der Waals surface area contributed by atoms with Crippen LogP contribution in [0.1, 0.15) is 11.1 Å². The van der Waals surface area contributed by atoms with Gasteiger partial charge in [-0.15, -0.1) is 24.0 Å². The largest absolute Gasteiger partial charge is 0.495 e. The highest BCUT2D eigenvalue weighted by Gasteiger charge is 2.05. The quantitative estimate of drug-likeness (QED) is 0.305. The predicted molar refractivity (Wildman–Crippen MR) is 120 cm³/mol. The summed E-state index contributed by atoms with van der Waals surface area (Å²) in [6.45, 7) is 1.17. The first-order valence-electron chi connectivity index (χ1n) is 8.10. The number of nitrogens with two attached hydrogens (primary N) is 1. The van der Waals surface area contributed by atoms with Gasteiger partial charge in [0.05, 0.1) is 25.2 Å². The maximum atomic E-state index is 6.12. The molecule has 1 aromatic heterocycles. The maximum absolute atomic E-state index is 6.12. The third-order valence-corrected chi connectivity index (χ3v) is 4.15. The third kappa shape index (κ3) is 5.86. The molecule has 0 saturated carbocycles. The standard InChI is InChI=1S/C19H20ClN5O.HI/c1-26-18-8-7-16(11-17(18)20)24-19(21)22-12-14-5-2-3-6-15(14)13-25-10-4-9-23-25;/h2-11H,12-13H2,1H3,(H3,21,22,24);1H. The van der Waals surface area contributed by atoms with Gasteiger partial charge < -0.3 is 15.8 Å². The molecular formula is C19H21ClIN5O. The van der Waals surface area contributed by atoms with Crippen LogP contribution >= 0.6 is 35.6 Å². The Bertz CT molecular complexity index is 899. The molecule has 3 aromatic rings. The SMILES string of the molecule is COc1ccc(NC(N)=NCc2ccccc2Cn2cccn2)cc1Cl.I. The van der Waals surface area contributed by atoms with Gasteiger partial charge in [0.15, 0.2) is 5.96 Å². The van der Waals surface area contributed by atoms with Gasteiger partial charge in [-0.05, 0) is 35.4 Å². The molecule has 27 heavy (non-hydrogen) atoms. The number of ether oxygens (including phenoxy) is 1. The van der Waals surface area contributed by atoms with Gasteiger partial charge in [0.2, 0.25) is 0 Å². The van der Waals surface area contributed by atoms with Gasteiger partial charge in [0.25, 0.3) is 0 Å². The third-order valence-electron chi connectivity index (χ3n) is 3.85. The van der Waals surface area contributed by atoms with Gasteiger partial charge in [-0.1, -0.05) is 35.9 Å². The van der Waals surface area contributed by atoms with Gasteiger partial charge in [-0.25, -0.2) is 4.99 Å². The Balaban J connectivity index is 0.00000261. The second-order valence-corrected chi connectivity index (χ2v) is 6.06. The molecule has 3 rings (SSSR count). The van der Waals surface area contributed by atoms with Crippen LogP contribution in [0, 0.1) is 0 Å². The summed E-state index contributed by atoms with van der Waals surface area (Å²) in [6.07, 6.45) is 3.70. The first kappa shape index (κ1) is 21.0. The number of aliphatic imine (C=N–C) groups is 1. The Kier molecular flexibility index (Phi) is 7.93. The van der Waals surface area contributed by atoms with Crippen molar-refractivity contribution in [1.29, 1.82) is 0 Å². The average Bonchev–Trinajstić information content (AvgIpc) is 3.14. The van der Waals surface area contributed by atoms with Crippen LogP contribution in [-0.2, 0) is 13.1 Å². The molecule has 1 heterocycles. The molecule has 2 aromatic carbocycles. The summed E-state index contributed by atoms with van der Waals surface area (Å²) < 4.78 is 7.02. The number of guanidine groups is 1. The van der Waals surface area contributed by atoms with E-state index in [1.165, 1.54) is 0 Å². The molecule has 0 aliphatic carbocycles. The summed E-state index contributed by atoms with van der Waals surface area (Å²) in [5.74, 6) is 0.931. The van der Waals surface area contributed by atoms with E-state index in [1.807, 2.05) is 41.2 Å². The lowest BCUT2D eigenvalue weighted by atomic mass is 10.1. The molecule has 8 heteroatoms. The Labute approximate surface area is 180 Å². The van der Waals surface area contributed by atoms with Crippen molar-refractivity contribution in [3.05, 3.63) is 77.1 Å². The number of benzene rings is 2. The molecule has 0 fully saturated rings. The monoisotopic (exact) mass is 497 g/mol. The lowest BCUT2D eigenvalue weighted by Crippen LogP contribution is -2.22. The fourth-order valence-electron chi connectivity index (χ4n) is 2.54. The van der Waals surface area contributed by atoms with E-state index < -0.39 is 0 Å². The van der Waals surface area contributed by atoms with E-state index in [9.17, 15) is 0 Å². The van der Waals surface area contributed by atoms with Crippen LogP contribution < -0.4 is 15.8 Å². The van der Waals surface area contributed by atoms with Crippen molar-refractivity contribution in [2.24, 2.45) is 10.7 Å². The van der Waals surface area contributed by atoms with E-state index in [2.05, 4.69) is 21.5 Å². The minimum Gasteiger partial charge on any atom is -0.495 e. The van der Waals surface area contributed by atoms with Gasteiger partial charge >= 0.3 is 0 Å². The van der Waals surface area contributed by atoms with Gasteiger partial charge in [-0.3, -0.25) is 4.68 Å². The number of rotatable bonds is 6. The smallest absolute Gasteiger partial charge is 0.193 e. The number of methoxy groups -OCH3 is 1. The fraction of sp³-hybridized carbons (Fsp3) is 0.158. The van der Waals surface area contributed by atoms with Crippen molar-refractivity contribution in [2.45, 2.75) is 13.1 Å². The molecule has 142 valence electrons. The number of hydrogen-bond donors (Lipinski definition) is 2. The number of anilines is 1. The van der Waals surface area contributed by atoms with Crippen LogP contribution in [0.15, 0.2) is 65.9 Å². The van der Waals surface area contributed by atoms with Crippen LogP contribution in [0.2, 0.25) is 5.02 Å². The molecule has 0 unspecified atom stereocenters. The summed E-state index contributed by atoms with van der Waals surface area (Å²) in [4.78, 5) is 4.43. The van der Waals surface area contributed by atoms with Crippen molar-refractivity contribution >= 4 is 47.2 Å². The van der Waals surface area contributed by atoms with E-state index in [1.54, 1.807) is 25.4 Å². The molecule has 6 nitrogen and oxygen atoms in total. The molecule has 0 aliphatic heterocycles. The topological polar surface area (TPSA) is 77.5 Å². The van der Waals surface area contributed by atoms with Gasteiger partial charge in [0, 0.05) is 18.1 Å². The number of aromatic nitrogens is 2. The highest BCUT2D eigenvalue weighted by Crippen LogP contribution is 2.27. The molecule has 0 aliphatic rings. The maximum Gasteiger partial charge on any atom is 0.193 e. The average molecular weight is 498 g/mol. The van der Waals surface area contributed by atoms with Crippen molar-refractivity contribution in [1.82, 2.24) is 9.78 Å². The minimum absolute atomic E-state index is 0. The molecule has 0 atom stereocenters. The zero-order chi connectivity index (χ0) is 18.4. The predicted octanol–water partition coefficient (Wildman–Crippen LogP) is 4.14. The molecule has 0 spiro atoms. The summed E-state index contributed by atoms with van der Waals surface area (Å²) in [5, 5.41) is 7.80. The summed E-state index contributed by atoms with van der Waals surface area (Å²) in [7, 11) is 1.57. The Morgan fingerprint density at radius 1 is 1.22 bits per heavy atom. The molecular weight excluding hydrogens is 477 g/mol. The Hall–Kier alpha value is -2.26. The van der Waals surface area contributed by atoms with Crippen LogP contribution in [-0.4, -0.2) is 22.8 Å². The van der Waals surface area contributed by atoms with Crippen molar-refractivity contribution in [2.75, 3.05) is 12.4 Å². The van der Waals surface area contributed by atoms with Crippen LogP contribution in [0.3, 0.4) is 0 Å². The van der Waals surface area contributed by atoms with E-state index >= 15 is 0 Å². The zero-order valence-corrected chi connectivity index (χ0v) is 17.9. The first-order valence-corrected chi connectivity index (χ1v) is 8.48. The number of nitrogens with zero attached hydrogens (tertiary/aromatic N) is 3. The van der Waals surface area contributed by atoms with Crippen molar-refractivity contribution in [3.8, 4) is 5.75 Å². The van der Waals surface area contributed by atoms with Gasteiger partial charge in [0.1, 0.15) is 5.75 Å². The van der Waals surface area contributed by atoms with Crippen LogP contribution in [0.4, 0.5) is 5.69 Å². The van der Waals surface area contributed by atoms with E-state index in [0.717, 1.165) is 16.8 Å². The van der Waals surface area contributed by atoms with Crippen LogP contribution in [0.5, 0.6) is 5.75 Å². The van der Waals surface area contributed by atoms with Crippen molar-refractivity contribution in [3.63, 3.8) is 0 Å². The number of hydrogen-bond acceptors (Lipinski definition) is 3. The lowest BCUT2D eigenvalue weighted by molar-refractivity contribution is 0.415. The molecule has 0 bridgehead atoms. The highest BCUT2D eigenvalue weighted by molar-refractivity contribution is 14.0. The highest BCUT2D eigenvalue weighted by atomic mass is 127. The van der Waals surface area contributed by atoms with Crippen molar-refractivity contribution < 1.29 is 4.74 Å². The summed E-state index contributed by atoms with van der Waals surface area (Å²) >= 11 is 6.12. The van der Waals surface area contributed by atoms with E-state index in [0.29, 0.717) is 29.8 Å². The van der Waals surface area contributed by atoms with Gasteiger partial charge in [-0.2, -0.15) is 5.10 Å². The summed E-state index contributed by atoms with van der Waals surface area (Å²) in [6, 6.07) is 15.4. The molecule has 0 saturated heterocycles. The molecule has 0 radical (unpaired) electrons. The normalized spacial score (nSPS) is 11.0. The first-order chi connectivity index (χ1) is 12.7. The zero-order valence-electron chi connectivity index (χ0n) is 14.8. The van der Waals surface area contributed by atoms with E-state index in [-0.39, 0.29) is 24.0 Å². The fourth-order valence-corrected chi connectivity index (χ4v) is 2.79. The Morgan fingerprint density at radius 2 is 2.00 bits per heavy atom. The summed E-state index contributed by atoms with van der Waals surface area (Å²) in [5.41, 5.74) is 9.01. The molecule has 3 N–H and O–H groups in total.